The van der Waals surface area contributed by atoms with Crippen LogP contribution in [-0.4, -0.2) is 35.0 Å². The molecule has 4 rings (SSSR count). The SMILES string of the molecule is CC(=O)c1ccc(-c2ccc(/C=C3\SC(=O)N(CCOc4ccc(Cl)cc4)C3=O)o2)cc1. The topological polar surface area (TPSA) is 76.8 Å². The molecule has 1 fully saturated rings. The van der Waals surface area contributed by atoms with Crippen molar-refractivity contribution in [1.82, 2.24) is 4.90 Å². The molecule has 0 aliphatic carbocycles. The number of halogens is 1. The van der Waals surface area contributed by atoms with Gasteiger partial charge in [-0.05, 0) is 55.1 Å². The van der Waals surface area contributed by atoms with Gasteiger partial charge in [0, 0.05) is 22.2 Å². The van der Waals surface area contributed by atoms with E-state index in [1.807, 2.05) is 0 Å². The zero-order valence-electron chi connectivity index (χ0n) is 17.0. The number of rotatable bonds is 7. The summed E-state index contributed by atoms with van der Waals surface area (Å²) in [6.07, 6.45) is 1.55. The quantitative estimate of drug-likeness (QED) is 0.317. The van der Waals surface area contributed by atoms with Crippen LogP contribution < -0.4 is 4.74 Å². The number of Topliss-reactive ketones (excluding diaryl/α,β-unsaturated/α-hetero) is 1. The van der Waals surface area contributed by atoms with Crippen molar-refractivity contribution in [2.45, 2.75) is 6.92 Å². The predicted octanol–water partition coefficient (Wildman–Crippen LogP) is 5.92. The molecule has 2 aromatic carbocycles. The lowest BCUT2D eigenvalue weighted by Gasteiger charge is -2.13. The van der Waals surface area contributed by atoms with Crippen LogP contribution in [0.25, 0.3) is 17.4 Å². The van der Waals surface area contributed by atoms with Gasteiger partial charge in [0.25, 0.3) is 11.1 Å². The van der Waals surface area contributed by atoms with E-state index in [1.165, 1.54) is 6.92 Å². The molecule has 1 saturated heterocycles. The highest BCUT2D eigenvalue weighted by Gasteiger charge is 2.35. The van der Waals surface area contributed by atoms with Crippen LogP contribution in [-0.2, 0) is 4.79 Å². The minimum atomic E-state index is -0.386. The van der Waals surface area contributed by atoms with E-state index in [-0.39, 0.29) is 35.0 Å². The first-order chi connectivity index (χ1) is 15.4. The Labute approximate surface area is 193 Å². The van der Waals surface area contributed by atoms with Crippen LogP contribution in [0.5, 0.6) is 5.75 Å². The third-order valence-electron chi connectivity index (χ3n) is 4.75. The van der Waals surface area contributed by atoms with Gasteiger partial charge in [0.2, 0.25) is 0 Å². The van der Waals surface area contributed by atoms with Gasteiger partial charge < -0.3 is 9.15 Å². The molecule has 3 aromatic rings. The summed E-state index contributed by atoms with van der Waals surface area (Å²) in [6.45, 7) is 1.82. The fourth-order valence-corrected chi connectivity index (χ4v) is 4.03. The first kappa shape index (κ1) is 21.9. The highest BCUT2D eigenvalue weighted by atomic mass is 35.5. The van der Waals surface area contributed by atoms with Crippen molar-refractivity contribution >= 4 is 46.4 Å². The van der Waals surface area contributed by atoms with E-state index in [9.17, 15) is 14.4 Å². The fourth-order valence-electron chi connectivity index (χ4n) is 3.06. The maximum atomic E-state index is 12.7. The van der Waals surface area contributed by atoms with Crippen molar-refractivity contribution in [3.63, 3.8) is 0 Å². The number of carbonyl (C=O) groups is 3. The molecule has 0 unspecified atom stereocenters. The summed E-state index contributed by atoms with van der Waals surface area (Å²) < 4.78 is 11.4. The van der Waals surface area contributed by atoms with Crippen LogP contribution in [0.1, 0.15) is 23.0 Å². The van der Waals surface area contributed by atoms with Crippen LogP contribution in [0, 0.1) is 0 Å². The Bertz CT molecular complexity index is 1200. The number of amides is 2. The van der Waals surface area contributed by atoms with Gasteiger partial charge in [-0.2, -0.15) is 0 Å². The molecule has 2 heterocycles. The molecular weight excluding hydrogens is 450 g/mol. The number of ketones is 1. The number of hydrogen-bond acceptors (Lipinski definition) is 6. The minimum absolute atomic E-state index is 0.00836. The Kier molecular flexibility index (Phi) is 6.48. The molecule has 2 amide bonds. The Hall–Kier alpha value is -3.29. The molecule has 1 aliphatic rings. The molecule has 0 bridgehead atoms. The third-order valence-corrected chi connectivity index (χ3v) is 5.91. The molecule has 1 aliphatic heterocycles. The Morgan fingerprint density at radius 3 is 2.47 bits per heavy atom. The van der Waals surface area contributed by atoms with E-state index < -0.39 is 0 Å². The van der Waals surface area contributed by atoms with Crippen LogP contribution in [0.15, 0.2) is 70.0 Å². The monoisotopic (exact) mass is 467 g/mol. The van der Waals surface area contributed by atoms with Crippen LogP contribution in [0.3, 0.4) is 0 Å². The van der Waals surface area contributed by atoms with E-state index in [1.54, 1.807) is 66.7 Å². The van der Waals surface area contributed by atoms with Gasteiger partial charge in [0.05, 0.1) is 11.4 Å². The standard InChI is InChI=1S/C24H18ClNO5S/c1-15(27)16-2-4-17(5-3-16)21-11-10-20(31-21)14-22-23(28)26(24(29)32-22)12-13-30-19-8-6-18(25)7-9-19/h2-11,14H,12-13H2,1H3/b22-14-. The fraction of sp³-hybridized carbons (Fsp3) is 0.125. The van der Waals surface area contributed by atoms with E-state index in [4.69, 9.17) is 20.8 Å². The number of furan rings is 1. The Balaban J connectivity index is 1.40. The van der Waals surface area contributed by atoms with Crippen LogP contribution in [0.2, 0.25) is 5.02 Å². The number of ether oxygens (including phenoxy) is 1. The van der Waals surface area contributed by atoms with Crippen molar-refractivity contribution in [3.05, 3.63) is 81.9 Å². The normalized spacial score (nSPS) is 14.9. The molecule has 162 valence electrons. The Morgan fingerprint density at radius 2 is 1.78 bits per heavy atom. The highest BCUT2D eigenvalue weighted by molar-refractivity contribution is 8.18. The highest BCUT2D eigenvalue weighted by Crippen LogP contribution is 2.33. The number of imide groups is 1. The molecule has 6 nitrogen and oxygen atoms in total. The van der Waals surface area contributed by atoms with E-state index in [2.05, 4.69) is 0 Å². The second-order valence-corrected chi connectivity index (χ2v) is 8.40. The zero-order chi connectivity index (χ0) is 22.7. The molecule has 8 heteroatoms. The van der Waals surface area contributed by atoms with E-state index >= 15 is 0 Å². The van der Waals surface area contributed by atoms with Crippen molar-refractivity contribution in [1.29, 1.82) is 0 Å². The van der Waals surface area contributed by atoms with Crippen molar-refractivity contribution < 1.29 is 23.5 Å². The van der Waals surface area contributed by atoms with Gasteiger partial charge in [-0.15, -0.1) is 0 Å². The predicted molar refractivity (Wildman–Crippen MR) is 124 cm³/mol. The van der Waals surface area contributed by atoms with Gasteiger partial charge in [0.15, 0.2) is 5.78 Å². The lowest BCUT2D eigenvalue weighted by atomic mass is 10.1. The minimum Gasteiger partial charge on any atom is -0.492 e. The van der Waals surface area contributed by atoms with Gasteiger partial charge >= 0.3 is 0 Å². The van der Waals surface area contributed by atoms with Crippen LogP contribution >= 0.6 is 23.4 Å². The summed E-state index contributed by atoms with van der Waals surface area (Å²) in [4.78, 5) is 37.8. The maximum absolute atomic E-state index is 12.7. The third kappa shape index (κ3) is 4.95. The molecule has 1 aromatic heterocycles. The summed E-state index contributed by atoms with van der Waals surface area (Å²) in [6, 6.07) is 17.4. The van der Waals surface area contributed by atoms with Gasteiger partial charge in [-0.25, -0.2) is 0 Å². The number of hydrogen-bond donors (Lipinski definition) is 0. The number of benzene rings is 2. The first-order valence-corrected chi connectivity index (χ1v) is 10.9. The van der Waals surface area contributed by atoms with Crippen LogP contribution in [0.4, 0.5) is 4.79 Å². The molecule has 32 heavy (non-hydrogen) atoms. The second kappa shape index (κ2) is 9.46. The largest absolute Gasteiger partial charge is 0.492 e. The summed E-state index contributed by atoms with van der Waals surface area (Å²) in [5.41, 5.74) is 1.43. The van der Waals surface area contributed by atoms with Gasteiger partial charge in [-0.3, -0.25) is 19.3 Å². The van der Waals surface area contributed by atoms with Crippen molar-refractivity contribution in [2.24, 2.45) is 0 Å². The number of thioether (sulfide) groups is 1. The lowest BCUT2D eigenvalue weighted by molar-refractivity contribution is -0.123. The number of nitrogens with zero attached hydrogens (tertiary/aromatic N) is 1. The molecule has 0 saturated carbocycles. The zero-order valence-corrected chi connectivity index (χ0v) is 18.6. The number of carbonyl (C=O) groups excluding carboxylic acids is 3. The van der Waals surface area contributed by atoms with E-state index in [0.717, 1.165) is 22.2 Å². The first-order valence-electron chi connectivity index (χ1n) is 9.75. The summed E-state index contributed by atoms with van der Waals surface area (Å²) in [7, 11) is 0. The summed E-state index contributed by atoms with van der Waals surface area (Å²) in [5.74, 6) is 1.27. The summed E-state index contributed by atoms with van der Waals surface area (Å²) >= 11 is 6.70. The van der Waals surface area contributed by atoms with Gasteiger partial charge in [0.1, 0.15) is 23.9 Å². The van der Waals surface area contributed by atoms with Crippen molar-refractivity contribution in [2.75, 3.05) is 13.2 Å². The smallest absolute Gasteiger partial charge is 0.293 e. The summed E-state index contributed by atoms with van der Waals surface area (Å²) in [5, 5.41) is 0.246. The maximum Gasteiger partial charge on any atom is 0.293 e. The van der Waals surface area contributed by atoms with Crippen molar-refractivity contribution in [3.8, 4) is 17.1 Å². The average molecular weight is 468 g/mol. The molecule has 0 radical (unpaired) electrons. The Morgan fingerprint density at radius 1 is 1.06 bits per heavy atom. The average Bonchev–Trinajstić information content (AvgIpc) is 3.35. The van der Waals surface area contributed by atoms with E-state index in [0.29, 0.717) is 27.9 Å². The molecule has 0 atom stereocenters. The lowest BCUT2D eigenvalue weighted by Crippen LogP contribution is -2.32. The molecular formula is C24H18ClNO5S. The molecule has 0 spiro atoms. The molecule has 0 N–H and O–H groups in total. The van der Waals surface area contributed by atoms with Gasteiger partial charge in [-0.1, -0.05) is 35.9 Å². The second-order valence-electron chi connectivity index (χ2n) is 6.97.